The zero-order valence-electron chi connectivity index (χ0n) is 21.6. The first-order valence-electron chi connectivity index (χ1n) is 13.9. The summed E-state index contributed by atoms with van der Waals surface area (Å²) < 4.78 is 7.55. The second-order valence-electron chi connectivity index (χ2n) is 10.6. The Kier molecular flexibility index (Phi) is 7.55. The van der Waals surface area contributed by atoms with E-state index in [9.17, 15) is 5.11 Å². The van der Waals surface area contributed by atoms with Crippen molar-refractivity contribution in [1.82, 2.24) is 29.6 Å². The first-order chi connectivity index (χ1) is 18.1. The zero-order valence-corrected chi connectivity index (χ0v) is 22.4. The molecule has 3 aromatic rings. The van der Waals surface area contributed by atoms with Crippen LogP contribution in [0.15, 0.2) is 12.4 Å². The van der Waals surface area contributed by atoms with Crippen molar-refractivity contribution in [3.05, 3.63) is 17.4 Å². The Bertz CT molecular complexity index is 1180. The summed E-state index contributed by atoms with van der Waals surface area (Å²) in [6.45, 7) is 5.96. The fourth-order valence-corrected chi connectivity index (χ4v) is 6.82. The van der Waals surface area contributed by atoms with Crippen LogP contribution in [-0.2, 0) is 11.2 Å². The van der Waals surface area contributed by atoms with Crippen molar-refractivity contribution in [2.75, 3.05) is 36.9 Å². The highest BCUT2D eigenvalue weighted by atomic mass is 32.1. The third kappa shape index (κ3) is 5.74. The monoisotopic (exact) mass is 526 g/mol. The molecule has 37 heavy (non-hydrogen) atoms. The molecule has 0 unspecified atom stereocenters. The molecule has 3 fully saturated rings. The van der Waals surface area contributed by atoms with E-state index < -0.39 is 0 Å². The Morgan fingerprint density at radius 1 is 1.00 bits per heavy atom. The molecule has 200 valence electrons. The van der Waals surface area contributed by atoms with Crippen molar-refractivity contribution in [2.45, 2.75) is 88.9 Å². The number of morpholine rings is 1. The first-order valence-corrected chi connectivity index (χ1v) is 14.7. The number of hydrogen-bond acceptors (Lipinski definition) is 10. The first kappa shape index (κ1) is 25.0. The molecule has 0 atom stereocenters. The van der Waals surface area contributed by atoms with Crippen molar-refractivity contribution >= 4 is 39.1 Å². The number of aliphatic hydroxyl groups is 1. The maximum atomic E-state index is 9.82. The maximum Gasteiger partial charge on any atom is 0.230 e. The van der Waals surface area contributed by atoms with Gasteiger partial charge in [0.15, 0.2) is 10.6 Å². The van der Waals surface area contributed by atoms with Crippen LogP contribution in [0.5, 0.6) is 0 Å². The van der Waals surface area contributed by atoms with Gasteiger partial charge in [0.05, 0.1) is 42.3 Å². The van der Waals surface area contributed by atoms with Gasteiger partial charge < -0.3 is 20.5 Å². The summed E-state index contributed by atoms with van der Waals surface area (Å²) in [4.78, 5) is 18.1. The van der Waals surface area contributed by atoms with Gasteiger partial charge >= 0.3 is 0 Å². The Hall–Kier alpha value is -2.34. The van der Waals surface area contributed by atoms with Gasteiger partial charge in [-0.15, -0.1) is 0 Å². The van der Waals surface area contributed by atoms with Crippen molar-refractivity contribution in [3.63, 3.8) is 0 Å². The van der Waals surface area contributed by atoms with Crippen LogP contribution in [-0.4, -0.2) is 79.2 Å². The molecular weight excluding hydrogens is 488 g/mol. The maximum absolute atomic E-state index is 9.82. The molecule has 11 heteroatoms. The lowest BCUT2D eigenvalue weighted by molar-refractivity contribution is 0.00791. The molecule has 1 saturated heterocycles. The number of ether oxygens (including phenoxy) is 1. The number of aromatic nitrogens is 5. The summed E-state index contributed by atoms with van der Waals surface area (Å²) in [5.74, 6) is 1.40. The molecular formula is C26H38N8O2S. The van der Waals surface area contributed by atoms with E-state index in [0.29, 0.717) is 24.1 Å². The van der Waals surface area contributed by atoms with Crippen LogP contribution in [0.25, 0.3) is 10.3 Å². The molecule has 6 rings (SSSR count). The van der Waals surface area contributed by atoms with Crippen molar-refractivity contribution in [1.29, 1.82) is 0 Å². The number of aryl methyl sites for hydroxylation is 1. The lowest BCUT2D eigenvalue weighted by Crippen LogP contribution is -2.46. The van der Waals surface area contributed by atoms with Crippen LogP contribution >= 0.6 is 11.3 Å². The number of aliphatic hydroxyl groups excluding tert-OH is 1. The Morgan fingerprint density at radius 3 is 2.51 bits per heavy atom. The highest BCUT2D eigenvalue weighted by molar-refractivity contribution is 7.18. The van der Waals surface area contributed by atoms with Crippen LogP contribution in [0.4, 0.5) is 17.5 Å². The summed E-state index contributed by atoms with van der Waals surface area (Å²) in [7, 11) is 0. The number of nitrogens with one attached hydrogen (secondary N) is 2. The summed E-state index contributed by atoms with van der Waals surface area (Å²) in [6, 6.07) is 1.39. The number of hydrogen-bond donors (Lipinski definition) is 3. The van der Waals surface area contributed by atoms with Crippen molar-refractivity contribution in [3.8, 4) is 0 Å². The second kappa shape index (κ2) is 11.2. The molecule has 0 amide bonds. The summed E-state index contributed by atoms with van der Waals surface area (Å²) in [5, 5.41) is 22.6. The van der Waals surface area contributed by atoms with Gasteiger partial charge in [-0.3, -0.25) is 9.58 Å². The van der Waals surface area contributed by atoms with Crippen LogP contribution in [0.1, 0.15) is 69.3 Å². The third-order valence-electron chi connectivity index (χ3n) is 8.10. The Labute approximate surface area is 221 Å². The van der Waals surface area contributed by atoms with Gasteiger partial charge in [-0.1, -0.05) is 18.3 Å². The van der Waals surface area contributed by atoms with E-state index in [1.807, 2.05) is 17.1 Å². The van der Waals surface area contributed by atoms with E-state index >= 15 is 0 Å². The van der Waals surface area contributed by atoms with Crippen LogP contribution in [0.2, 0.25) is 0 Å². The van der Waals surface area contributed by atoms with Gasteiger partial charge in [0.25, 0.3) is 0 Å². The van der Waals surface area contributed by atoms with Gasteiger partial charge in [-0.25, -0.2) is 4.98 Å². The minimum Gasteiger partial charge on any atom is -0.393 e. The standard InChI is InChI=1S/C26H38N8O2S/c1-2-22-30-23-24(28-17-3-5-19(6-4-17)33-11-13-36-14-12-33)31-26(32-25(23)37-22)29-18-15-27-34(16-18)20-7-9-21(35)10-8-20/h15-17,19-21,35H,2-14H2,1H3,(H2,28,29,31,32)/t17-,19-,20?,21?. The molecule has 3 N–H and O–H groups in total. The largest absolute Gasteiger partial charge is 0.393 e. The highest BCUT2D eigenvalue weighted by Gasteiger charge is 2.28. The van der Waals surface area contributed by atoms with Gasteiger partial charge in [0, 0.05) is 31.4 Å². The topological polar surface area (TPSA) is 113 Å². The van der Waals surface area contributed by atoms with E-state index in [1.165, 1.54) is 12.8 Å². The third-order valence-corrected chi connectivity index (χ3v) is 9.20. The fourth-order valence-electron chi connectivity index (χ4n) is 5.95. The SMILES string of the molecule is CCc1nc2c(N[C@H]3CC[C@H](N4CCOCC4)CC3)nc(Nc3cnn(C4CCC(O)CC4)c3)nc2s1. The molecule has 2 saturated carbocycles. The predicted molar refractivity (Wildman–Crippen MR) is 146 cm³/mol. The van der Waals surface area contributed by atoms with Crippen molar-refractivity contribution in [2.24, 2.45) is 0 Å². The molecule has 3 aliphatic rings. The lowest BCUT2D eigenvalue weighted by Gasteiger charge is -2.39. The molecule has 0 radical (unpaired) electrons. The highest BCUT2D eigenvalue weighted by Crippen LogP contribution is 2.32. The van der Waals surface area contributed by atoms with Crippen LogP contribution in [0.3, 0.4) is 0 Å². The number of nitrogens with zero attached hydrogens (tertiary/aromatic N) is 6. The van der Waals surface area contributed by atoms with Crippen LogP contribution < -0.4 is 10.6 Å². The quantitative estimate of drug-likeness (QED) is 0.418. The van der Waals surface area contributed by atoms with E-state index in [1.54, 1.807) is 11.3 Å². The molecule has 3 aromatic heterocycles. The van der Waals surface area contributed by atoms with E-state index in [4.69, 9.17) is 19.7 Å². The molecule has 2 aliphatic carbocycles. The minimum absolute atomic E-state index is 0.169. The molecule has 10 nitrogen and oxygen atoms in total. The van der Waals surface area contributed by atoms with Gasteiger partial charge in [-0.2, -0.15) is 15.1 Å². The summed E-state index contributed by atoms with van der Waals surface area (Å²) in [6.07, 6.45) is 12.8. The molecule has 1 aliphatic heterocycles. The summed E-state index contributed by atoms with van der Waals surface area (Å²) in [5.41, 5.74) is 1.75. The Balaban J connectivity index is 1.16. The lowest BCUT2D eigenvalue weighted by atomic mass is 9.90. The normalized spacial score (nSPS) is 27.4. The Morgan fingerprint density at radius 2 is 1.76 bits per heavy atom. The smallest absolute Gasteiger partial charge is 0.230 e. The zero-order chi connectivity index (χ0) is 25.2. The molecule has 0 aromatic carbocycles. The second-order valence-corrected chi connectivity index (χ2v) is 11.7. The molecule has 4 heterocycles. The number of rotatable bonds is 7. The van der Waals surface area contributed by atoms with Gasteiger partial charge in [-0.05, 0) is 57.8 Å². The van der Waals surface area contributed by atoms with E-state index in [2.05, 4.69) is 27.6 Å². The number of anilines is 3. The summed E-state index contributed by atoms with van der Waals surface area (Å²) >= 11 is 1.64. The molecule has 0 spiro atoms. The van der Waals surface area contributed by atoms with E-state index in [-0.39, 0.29) is 6.10 Å². The average molecular weight is 527 g/mol. The van der Waals surface area contributed by atoms with Gasteiger partial charge in [0.1, 0.15) is 5.52 Å². The van der Waals surface area contributed by atoms with Gasteiger partial charge in [0.2, 0.25) is 5.95 Å². The number of fused-ring (bicyclic) bond motifs is 1. The van der Waals surface area contributed by atoms with E-state index in [0.717, 1.165) is 98.1 Å². The fraction of sp³-hybridized carbons (Fsp3) is 0.692. The van der Waals surface area contributed by atoms with Crippen LogP contribution in [0, 0.1) is 0 Å². The molecule has 0 bridgehead atoms. The minimum atomic E-state index is -0.169. The van der Waals surface area contributed by atoms with Crippen molar-refractivity contribution < 1.29 is 9.84 Å². The predicted octanol–water partition coefficient (Wildman–Crippen LogP) is 4.12. The number of thiazole rings is 1. The average Bonchev–Trinajstić information content (AvgIpc) is 3.57.